The molecule has 0 saturated heterocycles. The zero-order valence-electron chi connectivity index (χ0n) is 17.5. The highest BCUT2D eigenvalue weighted by Gasteiger charge is 2.14. The molecule has 0 aliphatic carbocycles. The first kappa shape index (κ1) is 17.2. The smallest absolute Gasteiger partial charge is 0.196 e. The number of hydrogen-bond donors (Lipinski definition) is 0. The summed E-state index contributed by atoms with van der Waals surface area (Å²) in [6.45, 7) is 0. The van der Waals surface area contributed by atoms with Gasteiger partial charge in [0, 0.05) is 51.1 Å². The van der Waals surface area contributed by atoms with E-state index in [4.69, 9.17) is 8.83 Å². The molecular formula is C26H22N2O2. The fourth-order valence-electron chi connectivity index (χ4n) is 4.49. The Morgan fingerprint density at radius 3 is 1.07 bits per heavy atom. The minimum Gasteiger partial charge on any atom is -0.441 e. The molecule has 0 N–H and O–H groups in total. The second-order valence-electron chi connectivity index (χ2n) is 8.33. The summed E-state index contributed by atoms with van der Waals surface area (Å²) in [4.78, 5) is 4.00. The average Bonchev–Trinajstić information content (AvgIpc) is 3.37. The minimum atomic E-state index is 0.871. The fraction of sp³-hybridized carbons (Fsp3) is 0.154. The Morgan fingerprint density at radius 1 is 0.433 bits per heavy atom. The van der Waals surface area contributed by atoms with Gasteiger partial charge in [0.1, 0.15) is 11.2 Å². The van der Waals surface area contributed by atoms with Gasteiger partial charge < -0.3 is 18.6 Å². The Bertz CT molecular complexity index is 1480. The summed E-state index contributed by atoms with van der Waals surface area (Å²) in [5.74, 6) is 1.74. The van der Waals surface area contributed by atoms with Gasteiger partial charge in [-0.05, 0) is 44.5 Å². The summed E-state index contributed by atoms with van der Waals surface area (Å²) in [6, 6.07) is 21.7. The molecule has 0 saturated carbocycles. The largest absolute Gasteiger partial charge is 0.441 e. The van der Waals surface area contributed by atoms with E-state index in [1.165, 1.54) is 32.3 Å². The fourth-order valence-corrected chi connectivity index (χ4v) is 4.49. The Hall–Kier alpha value is -3.66. The van der Waals surface area contributed by atoms with Crippen LogP contribution in [0.3, 0.4) is 0 Å². The quantitative estimate of drug-likeness (QED) is 0.303. The number of nitrogens with zero attached hydrogens (tertiary/aromatic N) is 2. The molecular weight excluding hydrogens is 372 g/mol. The summed E-state index contributed by atoms with van der Waals surface area (Å²) >= 11 is 0. The molecule has 0 radical (unpaired) electrons. The lowest BCUT2D eigenvalue weighted by Gasteiger charge is -2.08. The van der Waals surface area contributed by atoms with Crippen LogP contribution in [0.25, 0.3) is 54.3 Å². The van der Waals surface area contributed by atoms with E-state index in [-0.39, 0.29) is 0 Å². The van der Waals surface area contributed by atoms with Gasteiger partial charge in [-0.3, -0.25) is 0 Å². The van der Waals surface area contributed by atoms with Gasteiger partial charge in [0.15, 0.2) is 11.8 Å². The number of rotatable bonds is 2. The van der Waals surface area contributed by atoms with Crippen molar-refractivity contribution in [3.63, 3.8) is 0 Å². The molecule has 4 aromatic carbocycles. The molecule has 6 rings (SSSR count). The van der Waals surface area contributed by atoms with Gasteiger partial charge in [-0.25, -0.2) is 0 Å². The van der Waals surface area contributed by atoms with E-state index in [0.29, 0.717) is 0 Å². The van der Waals surface area contributed by atoms with Crippen molar-refractivity contribution in [3.8, 4) is 0 Å². The second-order valence-corrected chi connectivity index (χ2v) is 8.33. The molecule has 0 unspecified atom stereocenters. The van der Waals surface area contributed by atoms with E-state index in [1.807, 2.05) is 38.0 Å². The van der Waals surface area contributed by atoms with E-state index in [1.54, 1.807) is 0 Å². The normalized spacial score (nSPS) is 12.0. The lowest BCUT2D eigenvalue weighted by atomic mass is 9.95. The summed E-state index contributed by atoms with van der Waals surface area (Å²) in [5.41, 5.74) is 1.84. The molecule has 0 spiro atoms. The van der Waals surface area contributed by atoms with Gasteiger partial charge in [0.2, 0.25) is 0 Å². The van der Waals surface area contributed by atoms with Crippen LogP contribution in [0.1, 0.15) is 0 Å². The minimum absolute atomic E-state index is 0.871. The van der Waals surface area contributed by atoms with Crippen LogP contribution in [-0.2, 0) is 0 Å². The number of hydrogen-bond acceptors (Lipinski definition) is 4. The predicted molar refractivity (Wildman–Crippen MR) is 127 cm³/mol. The van der Waals surface area contributed by atoms with Crippen molar-refractivity contribution < 1.29 is 8.83 Å². The number of fused-ring (bicyclic) bond motifs is 9. The molecule has 0 bridgehead atoms. The number of furan rings is 2. The summed E-state index contributed by atoms with van der Waals surface area (Å²) in [6.07, 6.45) is 0. The van der Waals surface area contributed by atoms with Crippen LogP contribution in [0.2, 0.25) is 0 Å². The maximum Gasteiger partial charge on any atom is 0.196 e. The molecule has 0 amide bonds. The van der Waals surface area contributed by atoms with Gasteiger partial charge in [-0.2, -0.15) is 0 Å². The van der Waals surface area contributed by atoms with Crippen LogP contribution in [0, 0.1) is 0 Å². The molecule has 4 heteroatoms. The van der Waals surface area contributed by atoms with Crippen LogP contribution in [-0.4, -0.2) is 28.2 Å². The van der Waals surface area contributed by atoms with Crippen molar-refractivity contribution in [2.45, 2.75) is 0 Å². The third-order valence-corrected chi connectivity index (χ3v) is 6.04. The summed E-state index contributed by atoms with van der Waals surface area (Å²) < 4.78 is 12.0. The van der Waals surface area contributed by atoms with Crippen molar-refractivity contribution in [2.75, 3.05) is 38.0 Å². The topological polar surface area (TPSA) is 32.8 Å². The lowest BCUT2D eigenvalue weighted by Crippen LogP contribution is -2.06. The number of benzene rings is 4. The molecule has 0 fully saturated rings. The van der Waals surface area contributed by atoms with Crippen molar-refractivity contribution in [1.29, 1.82) is 0 Å². The predicted octanol–water partition coefficient (Wildman–Crippen LogP) is 6.77. The molecule has 4 nitrogen and oxygen atoms in total. The third kappa shape index (κ3) is 2.28. The average molecular weight is 394 g/mol. The Labute approximate surface area is 173 Å². The SMILES string of the molecule is CN(C)c1cc2c(ccc3c2ccc2c4ccc5oc(N(C)C)cc5c4ccc32)o1. The molecule has 6 aromatic rings. The molecule has 0 aliphatic rings. The molecule has 2 aromatic heterocycles. The highest BCUT2D eigenvalue weighted by atomic mass is 16.4. The Kier molecular flexibility index (Phi) is 3.40. The van der Waals surface area contributed by atoms with Gasteiger partial charge in [0.25, 0.3) is 0 Å². The van der Waals surface area contributed by atoms with E-state index >= 15 is 0 Å². The Balaban J connectivity index is 1.68. The monoisotopic (exact) mass is 394 g/mol. The second kappa shape index (κ2) is 5.92. The highest BCUT2D eigenvalue weighted by Crippen LogP contribution is 2.39. The summed E-state index contributed by atoms with van der Waals surface area (Å²) in [7, 11) is 8.00. The first-order valence-electron chi connectivity index (χ1n) is 10.1. The maximum atomic E-state index is 6.00. The van der Waals surface area contributed by atoms with Crippen molar-refractivity contribution in [3.05, 3.63) is 60.7 Å². The third-order valence-electron chi connectivity index (χ3n) is 6.04. The van der Waals surface area contributed by atoms with Crippen molar-refractivity contribution >= 4 is 66.0 Å². The zero-order valence-corrected chi connectivity index (χ0v) is 17.5. The first-order valence-corrected chi connectivity index (χ1v) is 10.1. The van der Waals surface area contributed by atoms with Crippen LogP contribution < -0.4 is 9.80 Å². The van der Waals surface area contributed by atoms with Crippen molar-refractivity contribution in [2.24, 2.45) is 0 Å². The number of anilines is 2. The highest BCUT2D eigenvalue weighted by molar-refractivity contribution is 6.24. The van der Waals surface area contributed by atoms with Crippen LogP contribution in [0.15, 0.2) is 69.5 Å². The summed E-state index contributed by atoms with van der Waals surface area (Å²) in [5, 5.41) is 9.74. The van der Waals surface area contributed by atoms with Crippen LogP contribution >= 0.6 is 0 Å². The molecule has 0 aliphatic heterocycles. The van der Waals surface area contributed by atoms with Crippen LogP contribution in [0.4, 0.5) is 11.8 Å². The van der Waals surface area contributed by atoms with E-state index < -0.39 is 0 Å². The molecule has 30 heavy (non-hydrogen) atoms. The van der Waals surface area contributed by atoms with E-state index in [2.05, 4.69) is 60.7 Å². The standard InChI is InChI=1S/C26H22N2O2/c1-27(2)25-13-21-19-7-5-16-15(17(19)9-11-23(21)29-25)6-8-20-18(16)10-12-24-22(20)14-26(30-24)28(3)4/h5-14H,1-4H3. The van der Waals surface area contributed by atoms with Gasteiger partial charge in [-0.15, -0.1) is 0 Å². The van der Waals surface area contributed by atoms with Gasteiger partial charge in [-0.1, -0.05) is 36.4 Å². The molecule has 2 heterocycles. The van der Waals surface area contributed by atoms with Crippen LogP contribution in [0.5, 0.6) is 0 Å². The van der Waals surface area contributed by atoms with Gasteiger partial charge >= 0.3 is 0 Å². The maximum absolute atomic E-state index is 6.00. The van der Waals surface area contributed by atoms with Crippen molar-refractivity contribution in [1.82, 2.24) is 0 Å². The zero-order chi connectivity index (χ0) is 20.6. The van der Waals surface area contributed by atoms with E-state index in [0.717, 1.165) is 33.7 Å². The molecule has 0 atom stereocenters. The first-order chi connectivity index (χ1) is 14.5. The molecule has 148 valence electrons. The Morgan fingerprint density at radius 2 is 0.733 bits per heavy atom. The lowest BCUT2D eigenvalue weighted by molar-refractivity contribution is 0.610. The van der Waals surface area contributed by atoms with E-state index in [9.17, 15) is 0 Å². The van der Waals surface area contributed by atoms with Gasteiger partial charge in [0.05, 0.1) is 0 Å².